The van der Waals surface area contributed by atoms with E-state index < -0.39 is 12.0 Å². The maximum absolute atomic E-state index is 11.5. The molecule has 0 saturated heterocycles. The van der Waals surface area contributed by atoms with E-state index in [0.29, 0.717) is 19.4 Å². The zero-order valence-electron chi connectivity index (χ0n) is 11.2. The molecule has 0 rings (SSSR count). The number of rotatable bonds is 8. The van der Waals surface area contributed by atoms with Gasteiger partial charge >= 0.3 is 11.9 Å². The first-order valence-electron chi connectivity index (χ1n) is 6.10. The first-order chi connectivity index (χ1) is 8.51. The van der Waals surface area contributed by atoms with Gasteiger partial charge in [0.1, 0.15) is 6.04 Å². The normalized spacial score (nSPS) is 11.5. The summed E-state index contributed by atoms with van der Waals surface area (Å²) < 4.78 is 9.61. The summed E-state index contributed by atoms with van der Waals surface area (Å²) in [7, 11) is 0. The van der Waals surface area contributed by atoms with Crippen molar-refractivity contribution in [3.8, 4) is 0 Å². The predicted molar refractivity (Wildman–Crippen MR) is 64.7 cm³/mol. The Morgan fingerprint density at radius 2 is 1.72 bits per heavy atom. The zero-order valence-corrected chi connectivity index (χ0v) is 11.2. The Balaban J connectivity index is 4.12. The first kappa shape index (κ1) is 16.4. The van der Waals surface area contributed by atoms with Gasteiger partial charge in [-0.15, -0.1) is 0 Å². The number of nitrogens with one attached hydrogen (secondary N) is 1. The number of hydrogen-bond donors (Lipinski definition) is 1. The topological polar surface area (TPSA) is 81.7 Å². The average molecular weight is 259 g/mol. The molecule has 0 aliphatic heterocycles. The molecule has 6 heteroatoms. The highest BCUT2D eigenvalue weighted by molar-refractivity contribution is 5.83. The van der Waals surface area contributed by atoms with Crippen LogP contribution in [0.2, 0.25) is 0 Å². The summed E-state index contributed by atoms with van der Waals surface area (Å²) in [6.45, 7) is 5.36. The fourth-order valence-corrected chi connectivity index (χ4v) is 1.42. The number of carbonyl (C=O) groups excluding carboxylic acids is 3. The van der Waals surface area contributed by atoms with Crippen LogP contribution in [0.25, 0.3) is 0 Å². The Morgan fingerprint density at radius 1 is 1.11 bits per heavy atom. The van der Waals surface area contributed by atoms with Gasteiger partial charge in [-0.25, -0.2) is 4.79 Å². The molecule has 0 fully saturated rings. The minimum absolute atomic E-state index is 0.226. The molecule has 0 aromatic rings. The van der Waals surface area contributed by atoms with Crippen molar-refractivity contribution in [3.05, 3.63) is 0 Å². The molecule has 0 heterocycles. The highest BCUT2D eigenvalue weighted by Gasteiger charge is 2.20. The Hall–Kier alpha value is -1.59. The van der Waals surface area contributed by atoms with Gasteiger partial charge in [0.25, 0.3) is 0 Å². The molecule has 0 unspecified atom stereocenters. The van der Waals surface area contributed by atoms with E-state index in [0.717, 1.165) is 0 Å². The monoisotopic (exact) mass is 259 g/mol. The summed E-state index contributed by atoms with van der Waals surface area (Å²) in [5, 5.41) is 2.50. The number of hydrogen-bond acceptors (Lipinski definition) is 5. The minimum Gasteiger partial charge on any atom is -0.466 e. The molecule has 0 aliphatic carbocycles. The van der Waals surface area contributed by atoms with Crippen LogP contribution in [0.3, 0.4) is 0 Å². The van der Waals surface area contributed by atoms with Crippen LogP contribution in [-0.2, 0) is 23.9 Å². The molecule has 0 aromatic heterocycles. The second-order valence-corrected chi connectivity index (χ2v) is 3.70. The standard InChI is InChI=1S/C12H21NO5/c1-4-17-11(15)8-6-7-10(13-9(3)14)12(16)18-5-2/h10H,4-8H2,1-3H3,(H,13,14)/t10-/m1/s1. The fourth-order valence-electron chi connectivity index (χ4n) is 1.42. The quantitative estimate of drug-likeness (QED) is 0.652. The van der Waals surface area contributed by atoms with Crippen LogP contribution in [0, 0.1) is 0 Å². The van der Waals surface area contributed by atoms with Gasteiger partial charge < -0.3 is 14.8 Å². The van der Waals surface area contributed by atoms with Crippen LogP contribution in [0.4, 0.5) is 0 Å². The van der Waals surface area contributed by atoms with Gasteiger partial charge in [0.05, 0.1) is 13.2 Å². The maximum Gasteiger partial charge on any atom is 0.328 e. The van der Waals surface area contributed by atoms with Crippen molar-refractivity contribution in [3.63, 3.8) is 0 Å². The second-order valence-electron chi connectivity index (χ2n) is 3.70. The maximum atomic E-state index is 11.5. The van der Waals surface area contributed by atoms with E-state index in [9.17, 15) is 14.4 Å². The van der Waals surface area contributed by atoms with Crippen molar-refractivity contribution in [1.29, 1.82) is 0 Å². The summed E-state index contributed by atoms with van der Waals surface area (Å²) in [6, 6.07) is -0.697. The van der Waals surface area contributed by atoms with Gasteiger partial charge in [0.2, 0.25) is 5.91 Å². The minimum atomic E-state index is -0.697. The van der Waals surface area contributed by atoms with Gasteiger partial charge in [-0.3, -0.25) is 9.59 Å². The summed E-state index contributed by atoms with van der Waals surface area (Å²) >= 11 is 0. The van der Waals surface area contributed by atoms with Crippen molar-refractivity contribution in [2.24, 2.45) is 0 Å². The van der Waals surface area contributed by atoms with Crippen LogP contribution in [0.15, 0.2) is 0 Å². The number of esters is 2. The lowest BCUT2D eigenvalue weighted by molar-refractivity contribution is -0.148. The number of ether oxygens (including phenoxy) is 2. The van der Waals surface area contributed by atoms with E-state index >= 15 is 0 Å². The first-order valence-corrected chi connectivity index (χ1v) is 6.10. The number of carbonyl (C=O) groups is 3. The van der Waals surface area contributed by atoms with E-state index in [4.69, 9.17) is 9.47 Å². The summed E-state index contributed by atoms with van der Waals surface area (Å²) in [6.07, 6.45) is 1.04. The Kier molecular flexibility index (Phi) is 8.61. The Bertz CT molecular complexity index is 290. The van der Waals surface area contributed by atoms with Gasteiger partial charge in [0.15, 0.2) is 0 Å². The van der Waals surface area contributed by atoms with Gasteiger partial charge in [0, 0.05) is 13.3 Å². The molecule has 0 aliphatic rings. The lowest BCUT2D eigenvalue weighted by Crippen LogP contribution is -2.40. The van der Waals surface area contributed by atoms with Crippen molar-refractivity contribution in [2.75, 3.05) is 13.2 Å². The molecule has 1 atom stereocenters. The van der Waals surface area contributed by atoms with Crippen molar-refractivity contribution < 1.29 is 23.9 Å². The Labute approximate surface area is 107 Å². The smallest absolute Gasteiger partial charge is 0.328 e. The molecule has 1 N–H and O–H groups in total. The van der Waals surface area contributed by atoms with E-state index in [1.54, 1.807) is 13.8 Å². The van der Waals surface area contributed by atoms with Gasteiger partial charge in [-0.05, 0) is 26.7 Å². The summed E-state index contributed by atoms with van der Waals surface area (Å²) in [4.78, 5) is 33.6. The van der Waals surface area contributed by atoms with Crippen molar-refractivity contribution in [2.45, 2.75) is 46.1 Å². The molecule has 0 radical (unpaired) electrons. The predicted octanol–water partition coefficient (Wildman–Crippen LogP) is 0.788. The molecule has 18 heavy (non-hydrogen) atoms. The molecule has 0 aromatic carbocycles. The van der Waals surface area contributed by atoms with E-state index in [2.05, 4.69) is 5.32 Å². The second kappa shape index (κ2) is 9.44. The molecule has 1 amide bonds. The van der Waals surface area contributed by atoms with Gasteiger partial charge in [-0.1, -0.05) is 0 Å². The summed E-state index contributed by atoms with van der Waals surface area (Å²) in [5.41, 5.74) is 0. The lowest BCUT2D eigenvalue weighted by Gasteiger charge is -2.15. The SMILES string of the molecule is CCOC(=O)CCC[C@@H](NC(C)=O)C(=O)OCC. The molecule has 0 spiro atoms. The van der Waals surface area contributed by atoms with E-state index in [1.165, 1.54) is 6.92 Å². The van der Waals surface area contributed by atoms with Crippen molar-refractivity contribution >= 4 is 17.8 Å². The third kappa shape index (κ3) is 7.65. The molecule has 0 saturated carbocycles. The highest BCUT2D eigenvalue weighted by Crippen LogP contribution is 2.04. The third-order valence-corrected chi connectivity index (χ3v) is 2.13. The molecular formula is C12H21NO5. The highest BCUT2D eigenvalue weighted by atomic mass is 16.5. The molecular weight excluding hydrogens is 238 g/mol. The average Bonchev–Trinajstić information content (AvgIpc) is 2.28. The molecule has 6 nitrogen and oxygen atoms in total. The fraction of sp³-hybridized carbons (Fsp3) is 0.750. The van der Waals surface area contributed by atoms with Gasteiger partial charge in [-0.2, -0.15) is 0 Å². The number of amides is 1. The largest absolute Gasteiger partial charge is 0.466 e. The van der Waals surface area contributed by atoms with Crippen LogP contribution >= 0.6 is 0 Å². The Morgan fingerprint density at radius 3 is 2.22 bits per heavy atom. The lowest BCUT2D eigenvalue weighted by atomic mass is 10.1. The van der Waals surface area contributed by atoms with E-state index in [-0.39, 0.29) is 24.9 Å². The van der Waals surface area contributed by atoms with Crippen molar-refractivity contribution in [1.82, 2.24) is 5.32 Å². The molecule has 104 valence electrons. The van der Waals surface area contributed by atoms with Crippen LogP contribution < -0.4 is 5.32 Å². The van der Waals surface area contributed by atoms with Crippen LogP contribution in [0.5, 0.6) is 0 Å². The zero-order chi connectivity index (χ0) is 14.0. The van der Waals surface area contributed by atoms with Crippen LogP contribution in [-0.4, -0.2) is 37.1 Å². The van der Waals surface area contributed by atoms with E-state index in [1.807, 2.05) is 0 Å². The molecule has 0 bridgehead atoms. The summed E-state index contributed by atoms with van der Waals surface area (Å²) in [5.74, 6) is -1.08. The third-order valence-electron chi connectivity index (χ3n) is 2.13. The van der Waals surface area contributed by atoms with Crippen LogP contribution in [0.1, 0.15) is 40.0 Å².